The van der Waals surface area contributed by atoms with Gasteiger partial charge in [-0.2, -0.15) is 0 Å². The Labute approximate surface area is 123 Å². The number of hydrogen-bond acceptors (Lipinski definition) is 5. The third-order valence-corrected chi connectivity index (χ3v) is 4.72. The van der Waals surface area contributed by atoms with Crippen LogP contribution in [0, 0.1) is 17.8 Å². The molecule has 3 N–H and O–H groups in total. The molecule has 112 valence electrons. The standard InChI is InChI=1S/C15H20N4O2/c1-2-9-5-11-12(6-9)15(21)19(14(11)20)8-10-3-4-13(18-16)17-7-10/h3-4,7,9,11-12H,2,5-6,8,16H2,1H3,(H,17,18). The third kappa shape index (κ3) is 2.40. The topological polar surface area (TPSA) is 88.3 Å². The Morgan fingerprint density at radius 2 is 1.95 bits per heavy atom. The Kier molecular flexibility index (Phi) is 3.63. The number of imide groups is 1. The van der Waals surface area contributed by atoms with Gasteiger partial charge in [-0.05, 0) is 30.4 Å². The number of aromatic nitrogens is 1. The van der Waals surface area contributed by atoms with Gasteiger partial charge in [0.15, 0.2) is 0 Å². The van der Waals surface area contributed by atoms with Crippen LogP contribution in [-0.2, 0) is 16.1 Å². The van der Waals surface area contributed by atoms with Crippen molar-refractivity contribution in [1.29, 1.82) is 0 Å². The fourth-order valence-corrected chi connectivity index (χ4v) is 3.47. The minimum Gasteiger partial charge on any atom is -0.308 e. The molecule has 2 amide bonds. The van der Waals surface area contributed by atoms with Crippen molar-refractivity contribution in [2.24, 2.45) is 23.6 Å². The van der Waals surface area contributed by atoms with Crippen LogP contribution in [0.2, 0.25) is 0 Å². The molecule has 1 aliphatic carbocycles. The number of fused-ring (bicyclic) bond motifs is 1. The van der Waals surface area contributed by atoms with E-state index in [0.717, 1.165) is 24.8 Å². The average Bonchev–Trinajstić information content (AvgIpc) is 3.03. The minimum atomic E-state index is -0.0969. The number of rotatable bonds is 4. The highest BCUT2D eigenvalue weighted by molar-refractivity contribution is 6.05. The summed E-state index contributed by atoms with van der Waals surface area (Å²) in [6.07, 6.45) is 4.40. The molecule has 0 aromatic carbocycles. The number of anilines is 1. The predicted molar refractivity (Wildman–Crippen MR) is 77.6 cm³/mol. The molecule has 2 aliphatic rings. The molecule has 6 nitrogen and oxygen atoms in total. The number of nitrogens with one attached hydrogen (secondary N) is 1. The third-order valence-electron chi connectivity index (χ3n) is 4.72. The van der Waals surface area contributed by atoms with Crippen molar-refractivity contribution in [1.82, 2.24) is 9.88 Å². The van der Waals surface area contributed by atoms with Crippen molar-refractivity contribution < 1.29 is 9.59 Å². The fourth-order valence-electron chi connectivity index (χ4n) is 3.47. The lowest BCUT2D eigenvalue weighted by Gasteiger charge is -2.17. The summed E-state index contributed by atoms with van der Waals surface area (Å²) < 4.78 is 0. The van der Waals surface area contributed by atoms with Gasteiger partial charge in [-0.15, -0.1) is 0 Å². The van der Waals surface area contributed by atoms with Crippen molar-refractivity contribution in [3.8, 4) is 0 Å². The van der Waals surface area contributed by atoms with E-state index >= 15 is 0 Å². The predicted octanol–water partition coefficient (Wildman–Crippen LogP) is 1.29. The average molecular weight is 288 g/mol. The van der Waals surface area contributed by atoms with Gasteiger partial charge in [-0.1, -0.05) is 19.4 Å². The Balaban J connectivity index is 1.72. The van der Waals surface area contributed by atoms with Crippen LogP contribution in [0.3, 0.4) is 0 Å². The number of likely N-dealkylation sites (tertiary alicyclic amines) is 1. The summed E-state index contributed by atoms with van der Waals surface area (Å²) in [7, 11) is 0. The van der Waals surface area contributed by atoms with Crippen LogP contribution in [0.15, 0.2) is 18.3 Å². The minimum absolute atomic E-state index is 0.0121. The maximum atomic E-state index is 12.4. The Morgan fingerprint density at radius 1 is 1.29 bits per heavy atom. The van der Waals surface area contributed by atoms with Gasteiger partial charge in [0, 0.05) is 6.20 Å². The van der Waals surface area contributed by atoms with Gasteiger partial charge in [-0.25, -0.2) is 10.8 Å². The number of amides is 2. The second kappa shape index (κ2) is 5.44. The normalized spacial score (nSPS) is 28.1. The molecule has 0 spiro atoms. The van der Waals surface area contributed by atoms with E-state index in [2.05, 4.69) is 17.3 Å². The number of hydrazine groups is 1. The van der Waals surface area contributed by atoms with E-state index in [-0.39, 0.29) is 23.7 Å². The molecule has 1 aromatic rings. The van der Waals surface area contributed by atoms with Gasteiger partial charge in [-0.3, -0.25) is 14.5 Å². The molecule has 2 unspecified atom stereocenters. The first-order valence-corrected chi connectivity index (χ1v) is 7.40. The van der Waals surface area contributed by atoms with Gasteiger partial charge in [0.25, 0.3) is 0 Å². The zero-order chi connectivity index (χ0) is 15.0. The molecule has 3 rings (SSSR count). The maximum Gasteiger partial charge on any atom is 0.233 e. The summed E-state index contributed by atoms with van der Waals surface area (Å²) in [5, 5.41) is 0. The SMILES string of the molecule is CCC1CC2C(=O)N(Cc3ccc(NN)nc3)C(=O)C2C1. The van der Waals surface area contributed by atoms with Gasteiger partial charge >= 0.3 is 0 Å². The summed E-state index contributed by atoms with van der Waals surface area (Å²) in [6.45, 7) is 2.43. The first-order chi connectivity index (χ1) is 10.1. The summed E-state index contributed by atoms with van der Waals surface area (Å²) in [5.41, 5.74) is 3.29. The summed E-state index contributed by atoms with van der Waals surface area (Å²) in [5.74, 6) is 6.12. The number of nitrogen functional groups attached to an aromatic ring is 1. The zero-order valence-electron chi connectivity index (χ0n) is 12.1. The summed E-state index contributed by atoms with van der Waals surface area (Å²) in [6, 6.07) is 3.56. The monoisotopic (exact) mass is 288 g/mol. The number of nitrogens with zero attached hydrogens (tertiary/aromatic N) is 2. The van der Waals surface area contributed by atoms with Crippen LogP contribution in [0.5, 0.6) is 0 Å². The van der Waals surface area contributed by atoms with E-state index < -0.39 is 0 Å². The zero-order valence-corrected chi connectivity index (χ0v) is 12.1. The highest BCUT2D eigenvalue weighted by Crippen LogP contribution is 2.44. The van der Waals surface area contributed by atoms with Crippen LogP contribution < -0.4 is 11.3 Å². The lowest BCUT2D eigenvalue weighted by Crippen LogP contribution is -2.31. The molecule has 1 saturated heterocycles. The first-order valence-electron chi connectivity index (χ1n) is 7.40. The van der Waals surface area contributed by atoms with E-state index in [1.807, 2.05) is 6.07 Å². The smallest absolute Gasteiger partial charge is 0.233 e. The van der Waals surface area contributed by atoms with Crippen molar-refractivity contribution >= 4 is 17.6 Å². The Morgan fingerprint density at radius 3 is 2.43 bits per heavy atom. The van der Waals surface area contributed by atoms with Gasteiger partial charge < -0.3 is 5.43 Å². The summed E-state index contributed by atoms with van der Waals surface area (Å²) >= 11 is 0. The molecule has 2 fully saturated rings. The van der Waals surface area contributed by atoms with Crippen molar-refractivity contribution in [2.75, 3.05) is 5.43 Å². The highest BCUT2D eigenvalue weighted by Gasteiger charge is 2.51. The number of nitrogens with two attached hydrogens (primary N) is 1. The van der Waals surface area contributed by atoms with Crippen LogP contribution >= 0.6 is 0 Å². The fraction of sp³-hybridized carbons (Fsp3) is 0.533. The van der Waals surface area contributed by atoms with Gasteiger partial charge in [0.1, 0.15) is 5.82 Å². The molecule has 1 aliphatic heterocycles. The number of carbonyl (C=O) groups is 2. The second-order valence-corrected chi connectivity index (χ2v) is 5.92. The molecule has 1 saturated carbocycles. The van der Waals surface area contributed by atoms with Crippen molar-refractivity contribution in [2.45, 2.75) is 32.7 Å². The first kappa shape index (κ1) is 14.0. The number of hydrogen-bond donors (Lipinski definition) is 2. The lowest BCUT2D eigenvalue weighted by molar-refractivity contribution is -0.141. The lowest BCUT2D eigenvalue weighted by atomic mass is 10.00. The largest absolute Gasteiger partial charge is 0.308 e. The van der Waals surface area contributed by atoms with Gasteiger partial charge in [0.2, 0.25) is 11.8 Å². The van der Waals surface area contributed by atoms with Crippen LogP contribution in [0.25, 0.3) is 0 Å². The Hall–Kier alpha value is -1.95. The van der Waals surface area contributed by atoms with E-state index in [9.17, 15) is 9.59 Å². The molecular weight excluding hydrogens is 268 g/mol. The molecule has 21 heavy (non-hydrogen) atoms. The second-order valence-electron chi connectivity index (χ2n) is 5.92. The molecule has 0 bridgehead atoms. The molecular formula is C15H20N4O2. The molecule has 0 radical (unpaired) electrons. The van der Waals surface area contributed by atoms with E-state index in [1.165, 1.54) is 4.90 Å². The van der Waals surface area contributed by atoms with Gasteiger partial charge in [0.05, 0.1) is 18.4 Å². The molecule has 2 heterocycles. The van der Waals surface area contributed by atoms with Crippen LogP contribution in [0.1, 0.15) is 31.7 Å². The van der Waals surface area contributed by atoms with E-state index in [0.29, 0.717) is 18.3 Å². The number of pyridine rings is 1. The van der Waals surface area contributed by atoms with Crippen LogP contribution in [-0.4, -0.2) is 21.7 Å². The Bertz CT molecular complexity index is 533. The summed E-state index contributed by atoms with van der Waals surface area (Å²) in [4.78, 5) is 30.4. The van der Waals surface area contributed by atoms with E-state index in [4.69, 9.17) is 5.84 Å². The van der Waals surface area contributed by atoms with Crippen molar-refractivity contribution in [3.63, 3.8) is 0 Å². The van der Waals surface area contributed by atoms with E-state index in [1.54, 1.807) is 12.3 Å². The highest BCUT2D eigenvalue weighted by atomic mass is 16.2. The van der Waals surface area contributed by atoms with Crippen molar-refractivity contribution in [3.05, 3.63) is 23.9 Å². The molecule has 1 aromatic heterocycles. The van der Waals surface area contributed by atoms with Crippen LogP contribution in [0.4, 0.5) is 5.82 Å². The molecule has 6 heteroatoms. The quantitative estimate of drug-likeness (QED) is 0.495. The number of carbonyl (C=O) groups excluding carboxylic acids is 2. The maximum absolute atomic E-state index is 12.4. The molecule has 2 atom stereocenters.